The van der Waals surface area contributed by atoms with E-state index in [0.29, 0.717) is 18.4 Å². The van der Waals surface area contributed by atoms with E-state index in [-0.39, 0.29) is 10.8 Å². The highest BCUT2D eigenvalue weighted by atomic mass is 32.2. The van der Waals surface area contributed by atoms with Gasteiger partial charge in [0.25, 0.3) is 0 Å². The van der Waals surface area contributed by atoms with Crippen molar-refractivity contribution >= 4 is 15.6 Å². The van der Waals surface area contributed by atoms with Gasteiger partial charge in [-0.05, 0) is 25.0 Å². The largest absolute Gasteiger partial charge is 0.393 e. The summed E-state index contributed by atoms with van der Waals surface area (Å²) in [5, 5.41) is 9.14. The fourth-order valence-electron chi connectivity index (χ4n) is 3.87. The summed E-state index contributed by atoms with van der Waals surface area (Å²) in [5.41, 5.74) is 0.387. The lowest BCUT2D eigenvalue weighted by Gasteiger charge is -2.24. The molecule has 5 heteroatoms. The first-order valence-corrected chi connectivity index (χ1v) is 11.2. The Balaban J connectivity index is 1.97. The van der Waals surface area contributed by atoms with Gasteiger partial charge in [-0.2, -0.15) is 0 Å². The monoisotopic (exact) mass is 398 g/mol. The van der Waals surface area contributed by atoms with Gasteiger partial charge in [0, 0.05) is 17.4 Å². The van der Waals surface area contributed by atoms with E-state index in [2.05, 4.69) is 0 Å². The number of sulfone groups is 1. The Kier molecular flexibility index (Phi) is 6.47. The van der Waals surface area contributed by atoms with E-state index >= 15 is 0 Å². The molecule has 1 aliphatic carbocycles. The summed E-state index contributed by atoms with van der Waals surface area (Å²) in [6, 6.07) is 16.7. The molecule has 1 aliphatic rings. The van der Waals surface area contributed by atoms with Crippen LogP contribution in [0.25, 0.3) is 0 Å². The Morgan fingerprint density at radius 2 is 1.57 bits per heavy atom. The lowest BCUT2D eigenvalue weighted by atomic mass is 9.91. The van der Waals surface area contributed by atoms with E-state index in [0.717, 1.165) is 6.42 Å². The van der Waals surface area contributed by atoms with Gasteiger partial charge in [0.05, 0.1) is 11.0 Å². The molecule has 0 radical (unpaired) electrons. The number of rotatable bonds is 8. The molecule has 0 fully saturated rings. The molecule has 28 heavy (non-hydrogen) atoms. The summed E-state index contributed by atoms with van der Waals surface area (Å²) >= 11 is 0. The van der Waals surface area contributed by atoms with Crippen LogP contribution in [0.2, 0.25) is 0 Å². The molecule has 4 nitrogen and oxygen atoms in total. The molecule has 0 aliphatic heterocycles. The topological polar surface area (TPSA) is 71.4 Å². The Labute approximate surface area is 166 Å². The van der Waals surface area contributed by atoms with Crippen molar-refractivity contribution in [2.45, 2.75) is 42.4 Å². The molecular weight excluding hydrogens is 372 g/mol. The molecule has 2 aromatic carbocycles. The molecule has 3 rings (SSSR count). The number of ketones is 1. The third kappa shape index (κ3) is 4.26. The summed E-state index contributed by atoms with van der Waals surface area (Å²) in [4.78, 5) is 13.4. The molecule has 0 bridgehead atoms. The van der Waals surface area contributed by atoms with Gasteiger partial charge in [-0.3, -0.25) is 4.79 Å². The first-order valence-electron chi connectivity index (χ1n) is 9.69. The Bertz CT molecular complexity index is 920. The predicted octanol–water partition coefficient (Wildman–Crippen LogP) is 4.07. The first kappa shape index (κ1) is 20.5. The minimum atomic E-state index is -3.88. The molecule has 0 saturated heterocycles. The number of carbonyl (C=O) groups is 1. The average Bonchev–Trinajstić information content (AvgIpc) is 3.19. The smallest absolute Gasteiger partial charge is 0.189 e. The van der Waals surface area contributed by atoms with Gasteiger partial charge in [-0.25, -0.2) is 8.42 Å². The second-order valence-electron chi connectivity index (χ2n) is 7.31. The van der Waals surface area contributed by atoms with Gasteiger partial charge in [0.15, 0.2) is 15.6 Å². The van der Waals surface area contributed by atoms with Crippen LogP contribution in [0.4, 0.5) is 0 Å². The molecule has 0 heterocycles. The van der Waals surface area contributed by atoms with Crippen LogP contribution in [0.15, 0.2) is 77.7 Å². The highest BCUT2D eigenvalue weighted by Gasteiger charge is 2.42. The Hall–Kier alpha value is -2.24. The van der Waals surface area contributed by atoms with E-state index in [1.807, 2.05) is 13.0 Å². The lowest BCUT2D eigenvalue weighted by Crippen LogP contribution is -2.37. The molecule has 0 aromatic heterocycles. The zero-order valence-electron chi connectivity index (χ0n) is 15.9. The average molecular weight is 399 g/mol. The molecule has 2 unspecified atom stereocenters. The summed E-state index contributed by atoms with van der Waals surface area (Å²) < 4.78 is 26.8. The Morgan fingerprint density at radius 1 is 1.00 bits per heavy atom. The standard InChI is InChI=1S/C23H26O4S/c1-2-9-21(24)18-14-15-19(16-18)23(22(25)17-10-5-3-6-11-17)28(26,27)20-12-7-4-8-13-20/h3-8,10-15,18-19,21,23-24H,2,9,16H2,1H3/t18-,19?,21?,23-/m1/s1. The number of benzene rings is 2. The van der Waals surface area contributed by atoms with Crippen molar-refractivity contribution in [2.24, 2.45) is 11.8 Å². The van der Waals surface area contributed by atoms with E-state index in [9.17, 15) is 18.3 Å². The number of carbonyl (C=O) groups excluding carboxylic acids is 1. The fraction of sp³-hybridized carbons (Fsp3) is 0.348. The van der Waals surface area contributed by atoms with E-state index < -0.39 is 32.9 Å². The fourth-order valence-corrected chi connectivity index (χ4v) is 5.78. The maximum Gasteiger partial charge on any atom is 0.189 e. The zero-order chi connectivity index (χ0) is 20.1. The van der Waals surface area contributed by atoms with Crippen molar-refractivity contribution in [2.75, 3.05) is 0 Å². The van der Waals surface area contributed by atoms with Crippen LogP contribution in [0.3, 0.4) is 0 Å². The van der Waals surface area contributed by atoms with Crippen molar-refractivity contribution in [3.8, 4) is 0 Å². The minimum absolute atomic E-state index is 0.123. The van der Waals surface area contributed by atoms with Gasteiger partial charge in [0.2, 0.25) is 0 Å². The van der Waals surface area contributed by atoms with Gasteiger partial charge in [0.1, 0.15) is 5.25 Å². The van der Waals surface area contributed by atoms with Crippen molar-refractivity contribution in [3.63, 3.8) is 0 Å². The predicted molar refractivity (Wildman–Crippen MR) is 110 cm³/mol. The van der Waals surface area contributed by atoms with Crippen molar-refractivity contribution in [1.82, 2.24) is 0 Å². The van der Waals surface area contributed by atoms with Gasteiger partial charge >= 0.3 is 0 Å². The molecule has 1 N–H and O–H groups in total. The number of aliphatic hydroxyl groups is 1. The van der Waals surface area contributed by atoms with Crippen LogP contribution in [0.5, 0.6) is 0 Å². The van der Waals surface area contributed by atoms with Crippen LogP contribution in [-0.2, 0) is 9.84 Å². The van der Waals surface area contributed by atoms with Gasteiger partial charge in [-0.15, -0.1) is 0 Å². The van der Waals surface area contributed by atoms with Crippen molar-refractivity contribution < 1.29 is 18.3 Å². The summed E-state index contributed by atoms with van der Waals surface area (Å²) in [6.07, 6.45) is 5.12. The minimum Gasteiger partial charge on any atom is -0.393 e. The van der Waals surface area contributed by atoms with Gasteiger partial charge in [-0.1, -0.05) is 74.0 Å². The maximum absolute atomic E-state index is 13.4. The normalized spacial score (nSPS) is 21.4. The molecule has 0 spiro atoms. The molecule has 0 saturated carbocycles. The summed E-state index contributed by atoms with van der Waals surface area (Å²) in [5.74, 6) is -0.985. The maximum atomic E-state index is 13.4. The van der Waals surface area contributed by atoms with Crippen molar-refractivity contribution in [1.29, 1.82) is 0 Å². The quantitative estimate of drug-likeness (QED) is 0.538. The summed E-state index contributed by atoms with van der Waals surface area (Å²) in [6.45, 7) is 2.00. The number of allylic oxidation sites excluding steroid dienone is 1. The molecule has 2 aromatic rings. The highest BCUT2D eigenvalue weighted by Crippen LogP contribution is 2.36. The van der Waals surface area contributed by atoms with Crippen LogP contribution < -0.4 is 0 Å². The third-order valence-electron chi connectivity index (χ3n) is 5.34. The second-order valence-corrected chi connectivity index (χ2v) is 9.38. The first-order chi connectivity index (χ1) is 13.4. The number of hydrogen-bond donors (Lipinski definition) is 1. The zero-order valence-corrected chi connectivity index (χ0v) is 16.8. The van der Waals surface area contributed by atoms with Gasteiger partial charge < -0.3 is 5.11 Å². The molecular formula is C23H26O4S. The van der Waals surface area contributed by atoms with Crippen LogP contribution in [0, 0.1) is 11.8 Å². The van der Waals surface area contributed by atoms with E-state index in [1.165, 1.54) is 12.1 Å². The Morgan fingerprint density at radius 3 is 2.18 bits per heavy atom. The third-order valence-corrected chi connectivity index (χ3v) is 7.50. The molecule has 148 valence electrons. The lowest BCUT2D eigenvalue weighted by molar-refractivity contribution is 0.0948. The molecule has 0 amide bonds. The SMILES string of the molecule is CCCC(O)[C@@H]1C=CC([C@H](C(=O)c2ccccc2)S(=O)(=O)c2ccccc2)C1. The second kappa shape index (κ2) is 8.84. The number of hydrogen-bond acceptors (Lipinski definition) is 4. The number of aliphatic hydroxyl groups excluding tert-OH is 1. The van der Waals surface area contributed by atoms with Crippen LogP contribution in [-0.4, -0.2) is 30.7 Å². The molecule has 4 atom stereocenters. The number of Topliss-reactive ketones (excluding diaryl/α,β-unsaturated/α-hetero) is 1. The van der Waals surface area contributed by atoms with E-state index in [4.69, 9.17) is 0 Å². The highest BCUT2D eigenvalue weighted by molar-refractivity contribution is 7.92. The van der Waals surface area contributed by atoms with Crippen molar-refractivity contribution in [3.05, 3.63) is 78.4 Å². The van der Waals surface area contributed by atoms with E-state index in [1.54, 1.807) is 54.6 Å². The summed E-state index contributed by atoms with van der Waals surface area (Å²) in [7, 11) is -3.88. The van der Waals surface area contributed by atoms with Crippen LogP contribution >= 0.6 is 0 Å². The van der Waals surface area contributed by atoms with Crippen LogP contribution in [0.1, 0.15) is 36.5 Å².